The molecule has 138 valence electrons. The first-order valence-electron chi connectivity index (χ1n) is 8.09. The molecule has 0 radical (unpaired) electrons. The van der Waals surface area contributed by atoms with Crippen molar-refractivity contribution in [1.29, 1.82) is 0 Å². The van der Waals surface area contributed by atoms with Gasteiger partial charge in [0.1, 0.15) is 0 Å². The maximum absolute atomic E-state index is 12.1. The third-order valence-electron chi connectivity index (χ3n) is 4.11. The minimum atomic E-state index is -2.93. The standard InChI is InChI=1S/C17H24N2O4S2/c1-12-4-5-13(2)15(8-12)18-16(20)9-19(3)17(21)10-24-14-6-7-25(22,23)11-14/h4-5,8,14H,6-7,9-11H2,1-3H3,(H,18,20)/t14-/m1/s1. The van der Waals surface area contributed by atoms with E-state index < -0.39 is 9.84 Å². The van der Waals surface area contributed by atoms with Crippen molar-refractivity contribution in [3.8, 4) is 0 Å². The molecule has 1 aliphatic rings. The highest BCUT2D eigenvalue weighted by Gasteiger charge is 2.29. The highest BCUT2D eigenvalue weighted by atomic mass is 32.2. The van der Waals surface area contributed by atoms with Gasteiger partial charge in [-0.2, -0.15) is 0 Å². The van der Waals surface area contributed by atoms with E-state index in [-0.39, 0.29) is 40.9 Å². The Kier molecular flexibility index (Phi) is 6.51. The molecule has 1 atom stereocenters. The van der Waals surface area contributed by atoms with E-state index in [1.807, 2.05) is 32.0 Å². The SMILES string of the molecule is Cc1ccc(C)c(NC(=O)CN(C)C(=O)CS[C@@H]2CCS(=O)(=O)C2)c1. The van der Waals surface area contributed by atoms with Gasteiger partial charge in [0, 0.05) is 18.0 Å². The summed E-state index contributed by atoms with van der Waals surface area (Å²) in [6.07, 6.45) is 0.594. The van der Waals surface area contributed by atoms with Gasteiger partial charge in [0.2, 0.25) is 11.8 Å². The zero-order valence-electron chi connectivity index (χ0n) is 14.7. The molecule has 8 heteroatoms. The summed E-state index contributed by atoms with van der Waals surface area (Å²) in [4.78, 5) is 25.7. The number of hydrogen-bond donors (Lipinski definition) is 1. The number of rotatable bonds is 6. The molecule has 1 aromatic carbocycles. The molecule has 6 nitrogen and oxygen atoms in total. The largest absolute Gasteiger partial charge is 0.336 e. The van der Waals surface area contributed by atoms with Crippen LogP contribution in [0.2, 0.25) is 0 Å². The predicted octanol–water partition coefficient (Wildman–Crippen LogP) is 1.62. The molecule has 1 aromatic rings. The normalized spacial score (nSPS) is 18.8. The summed E-state index contributed by atoms with van der Waals surface area (Å²) in [6, 6.07) is 5.80. The van der Waals surface area contributed by atoms with Crippen LogP contribution in [0.4, 0.5) is 5.69 Å². The third-order valence-corrected chi connectivity index (χ3v) is 7.37. The van der Waals surface area contributed by atoms with Crippen LogP contribution in [0.15, 0.2) is 18.2 Å². The van der Waals surface area contributed by atoms with Gasteiger partial charge >= 0.3 is 0 Å². The van der Waals surface area contributed by atoms with E-state index in [1.165, 1.54) is 16.7 Å². The quantitative estimate of drug-likeness (QED) is 0.806. The number of thioether (sulfide) groups is 1. The van der Waals surface area contributed by atoms with E-state index >= 15 is 0 Å². The van der Waals surface area contributed by atoms with Crippen molar-refractivity contribution >= 4 is 39.1 Å². The second kappa shape index (κ2) is 8.23. The summed E-state index contributed by atoms with van der Waals surface area (Å²) in [5.41, 5.74) is 2.76. The lowest BCUT2D eigenvalue weighted by atomic mass is 10.1. The first kappa shape index (κ1) is 19.8. The van der Waals surface area contributed by atoms with Crippen molar-refractivity contribution in [1.82, 2.24) is 4.90 Å². The van der Waals surface area contributed by atoms with E-state index in [4.69, 9.17) is 0 Å². The number of hydrogen-bond acceptors (Lipinski definition) is 5. The predicted molar refractivity (Wildman–Crippen MR) is 102 cm³/mol. The Morgan fingerprint density at radius 1 is 1.32 bits per heavy atom. The number of carbonyl (C=O) groups excluding carboxylic acids is 2. The summed E-state index contributed by atoms with van der Waals surface area (Å²) in [6.45, 7) is 3.83. The number of aryl methyl sites for hydroxylation is 2. The lowest BCUT2D eigenvalue weighted by Crippen LogP contribution is -2.36. The molecule has 2 amide bonds. The molecule has 0 aliphatic carbocycles. The van der Waals surface area contributed by atoms with Gasteiger partial charge in [-0.25, -0.2) is 8.42 Å². The summed E-state index contributed by atoms with van der Waals surface area (Å²) in [7, 11) is -1.35. The van der Waals surface area contributed by atoms with Crippen molar-refractivity contribution in [3.63, 3.8) is 0 Å². The summed E-state index contributed by atoms with van der Waals surface area (Å²) in [5.74, 6) is 0.103. The van der Waals surface area contributed by atoms with E-state index in [9.17, 15) is 18.0 Å². The number of likely N-dealkylation sites (N-methyl/N-ethyl adjacent to an activating group) is 1. The number of anilines is 1. The van der Waals surface area contributed by atoms with Crippen LogP contribution < -0.4 is 5.32 Å². The maximum Gasteiger partial charge on any atom is 0.243 e. The average molecular weight is 385 g/mol. The minimum absolute atomic E-state index is 0.0221. The summed E-state index contributed by atoms with van der Waals surface area (Å²) < 4.78 is 22.9. The Labute approximate surface area is 153 Å². The van der Waals surface area contributed by atoms with Gasteiger partial charge in [-0.3, -0.25) is 9.59 Å². The zero-order valence-corrected chi connectivity index (χ0v) is 16.4. The van der Waals surface area contributed by atoms with Gasteiger partial charge in [0.15, 0.2) is 9.84 Å². The van der Waals surface area contributed by atoms with Crippen LogP contribution in [-0.4, -0.2) is 61.2 Å². The second-order valence-electron chi connectivity index (χ2n) is 6.45. The first-order chi connectivity index (χ1) is 11.7. The number of carbonyl (C=O) groups is 2. The van der Waals surface area contributed by atoms with Gasteiger partial charge in [0.25, 0.3) is 0 Å². The average Bonchev–Trinajstić information content (AvgIpc) is 2.87. The van der Waals surface area contributed by atoms with Gasteiger partial charge in [-0.15, -0.1) is 11.8 Å². The molecule has 25 heavy (non-hydrogen) atoms. The number of sulfone groups is 1. The van der Waals surface area contributed by atoms with Crippen molar-refractivity contribution in [2.24, 2.45) is 0 Å². The number of nitrogens with one attached hydrogen (secondary N) is 1. The zero-order chi connectivity index (χ0) is 18.6. The second-order valence-corrected chi connectivity index (χ2v) is 9.97. The maximum atomic E-state index is 12.1. The smallest absolute Gasteiger partial charge is 0.243 e. The van der Waals surface area contributed by atoms with Gasteiger partial charge in [-0.05, 0) is 37.5 Å². The molecule has 0 spiro atoms. The van der Waals surface area contributed by atoms with Crippen LogP contribution in [0.3, 0.4) is 0 Å². The van der Waals surface area contributed by atoms with E-state index in [2.05, 4.69) is 5.32 Å². The van der Waals surface area contributed by atoms with Crippen molar-refractivity contribution in [2.75, 3.05) is 36.2 Å². The highest BCUT2D eigenvalue weighted by molar-refractivity contribution is 8.02. The van der Waals surface area contributed by atoms with E-state index in [0.29, 0.717) is 6.42 Å². The van der Waals surface area contributed by atoms with Crippen molar-refractivity contribution in [3.05, 3.63) is 29.3 Å². The highest BCUT2D eigenvalue weighted by Crippen LogP contribution is 2.24. The molecule has 0 bridgehead atoms. The monoisotopic (exact) mass is 384 g/mol. The van der Waals surface area contributed by atoms with Gasteiger partial charge in [-0.1, -0.05) is 12.1 Å². The molecule has 2 rings (SSSR count). The Morgan fingerprint density at radius 3 is 2.68 bits per heavy atom. The van der Waals surface area contributed by atoms with Crippen molar-refractivity contribution in [2.45, 2.75) is 25.5 Å². The third kappa shape index (κ3) is 6.04. The Bertz CT molecular complexity index is 762. The van der Waals surface area contributed by atoms with E-state index in [1.54, 1.807) is 7.05 Å². The minimum Gasteiger partial charge on any atom is -0.336 e. The number of benzene rings is 1. The summed E-state index contributed by atoms with van der Waals surface area (Å²) >= 11 is 1.36. The van der Waals surface area contributed by atoms with Crippen LogP contribution in [0.5, 0.6) is 0 Å². The molecule has 1 fully saturated rings. The molecule has 0 aromatic heterocycles. The Morgan fingerprint density at radius 2 is 2.04 bits per heavy atom. The van der Waals surface area contributed by atoms with Gasteiger partial charge < -0.3 is 10.2 Å². The fraction of sp³-hybridized carbons (Fsp3) is 0.529. The molecule has 1 aliphatic heterocycles. The molecule has 1 N–H and O–H groups in total. The molecular weight excluding hydrogens is 360 g/mol. The molecule has 0 unspecified atom stereocenters. The molecule has 1 heterocycles. The van der Waals surface area contributed by atoms with Gasteiger partial charge in [0.05, 0.1) is 23.8 Å². The van der Waals surface area contributed by atoms with Crippen LogP contribution in [-0.2, 0) is 19.4 Å². The van der Waals surface area contributed by atoms with Crippen LogP contribution in [0.1, 0.15) is 17.5 Å². The molecular formula is C17H24N2O4S2. The topological polar surface area (TPSA) is 83.6 Å². The van der Waals surface area contributed by atoms with Crippen LogP contribution in [0, 0.1) is 13.8 Å². The molecule has 1 saturated heterocycles. The summed E-state index contributed by atoms with van der Waals surface area (Å²) in [5, 5.41) is 2.80. The van der Waals surface area contributed by atoms with E-state index in [0.717, 1.165) is 16.8 Å². The fourth-order valence-electron chi connectivity index (χ4n) is 2.56. The Hall–Kier alpha value is -1.54. The number of amides is 2. The Balaban J connectivity index is 1.80. The van der Waals surface area contributed by atoms with Crippen molar-refractivity contribution < 1.29 is 18.0 Å². The molecule has 0 saturated carbocycles. The van der Waals surface area contributed by atoms with Crippen LogP contribution in [0.25, 0.3) is 0 Å². The van der Waals surface area contributed by atoms with Crippen LogP contribution >= 0.6 is 11.8 Å². The first-order valence-corrected chi connectivity index (χ1v) is 11.0. The number of nitrogens with zero attached hydrogens (tertiary/aromatic N) is 1. The fourth-order valence-corrected chi connectivity index (χ4v) is 6.14. The lowest BCUT2D eigenvalue weighted by Gasteiger charge is -2.18. The lowest BCUT2D eigenvalue weighted by molar-refractivity contribution is -0.131.